The molecule has 0 fully saturated rings. The van der Waals surface area contributed by atoms with Gasteiger partial charge in [0.15, 0.2) is 9.87 Å². The summed E-state index contributed by atoms with van der Waals surface area (Å²) < 4.78 is 29.8. The summed E-state index contributed by atoms with van der Waals surface area (Å²) in [6.07, 6.45) is 2.71. The zero-order chi connectivity index (χ0) is 18.3. The number of hydrogen-bond donors (Lipinski definition) is 1. The fraction of sp³-hybridized carbons (Fsp3) is 0.188. The van der Waals surface area contributed by atoms with Crippen LogP contribution in [-0.2, 0) is 16.5 Å². The van der Waals surface area contributed by atoms with E-state index in [0.29, 0.717) is 5.69 Å². The monoisotopic (exact) mass is 356 g/mol. The number of nitrogens with zero attached hydrogens (tertiary/aromatic N) is 3. The molecule has 3 aromatic rings. The maximum atomic E-state index is 11.1. The number of hydrogen-bond acceptors (Lipinski definition) is 6. The summed E-state index contributed by atoms with van der Waals surface area (Å²) in [5.41, 5.74) is 1.52. The zero-order valence-electron chi connectivity index (χ0n) is 13.9. The van der Waals surface area contributed by atoms with Crippen LogP contribution in [0, 0.1) is 0 Å². The molecule has 2 aromatic heterocycles. The van der Waals surface area contributed by atoms with Crippen LogP contribution in [-0.4, -0.2) is 30.5 Å². The van der Waals surface area contributed by atoms with E-state index in [1.807, 2.05) is 55.0 Å². The van der Waals surface area contributed by atoms with E-state index < -0.39 is 9.87 Å². The molecular formula is C16H17BN4O3S. The van der Waals surface area contributed by atoms with Crippen LogP contribution in [0.3, 0.4) is 0 Å². The van der Waals surface area contributed by atoms with Crippen molar-refractivity contribution in [2.75, 3.05) is 4.72 Å². The van der Waals surface area contributed by atoms with Crippen LogP contribution in [0.1, 0.15) is 19.5 Å². The van der Waals surface area contributed by atoms with E-state index in [0.717, 1.165) is 10.9 Å². The first-order chi connectivity index (χ1) is 12.0. The summed E-state index contributed by atoms with van der Waals surface area (Å²) in [6, 6.07) is 11.5. The molecular weight excluding hydrogens is 339 g/mol. The van der Waals surface area contributed by atoms with Gasteiger partial charge in [0.2, 0.25) is 5.82 Å². The van der Waals surface area contributed by atoms with Gasteiger partial charge >= 0.3 is 0 Å². The second kappa shape index (κ2) is 8.43. The van der Waals surface area contributed by atoms with E-state index in [-0.39, 0.29) is 18.3 Å². The minimum atomic E-state index is -3.96. The second-order valence-corrected chi connectivity index (χ2v) is 5.94. The average Bonchev–Trinajstić information content (AvgIpc) is 2.61. The van der Waals surface area contributed by atoms with Crippen molar-refractivity contribution in [3.63, 3.8) is 0 Å². The normalized spacial score (nSPS) is 10.6. The molecule has 7 nitrogen and oxygen atoms in total. The van der Waals surface area contributed by atoms with Crippen molar-refractivity contribution >= 4 is 33.7 Å². The fourth-order valence-corrected chi connectivity index (χ4v) is 2.38. The van der Waals surface area contributed by atoms with Gasteiger partial charge in [-0.3, -0.25) is 4.72 Å². The van der Waals surface area contributed by atoms with Crippen LogP contribution in [0.15, 0.2) is 48.8 Å². The summed E-state index contributed by atoms with van der Waals surface area (Å²) in [5.74, 6) is -0.0488. The van der Waals surface area contributed by atoms with E-state index in [4.69, 9.17) is 11.9 Å². The van der Waals surface area contributed by atoms with E-state index >= 15 is 0 Å². The van der Waals surface area contributed by atoms with Crippen LogP contribution in [0.4, 0.5) is 5.82 Å². The van der Waals surface area contributed by atoms with Gasteiger partial charge in [-0.25, -0.2) is 23.4 Å². The van der Waals surface area contributed by atoms with Gasteiger partial charge in [-0.05, 0) is 12.1 Å². The highest BCUT2D eigenvalue weighted by Crippen LogP contribution is 2.20. The average molecular weight is 356 g/mol. The van der Waals surface area contributed by atoms with E-state index in [9.17, 15) is 8.42 Å². The molecule has 0 aliphatic rings. The molecule has 1 N–H and O–H groups in total. The third-order valence-corrected chi connectivity index (χ3v) is 3.39. The summed E-state index contributed by atoms with van der Waals surface area (Å²) in [6.45, 7) is 4.11. The lowest BCUT2D eigenvalue weighted by atomic mass is 10.2. The molecule has 25 heavy (non-hydrogen) atoms. The molecule has 0 unspecified atom stereocenters. The quantitative estimate of drug-likeness (QED) is 0.706. The van der Waals surface area contributed by atoms with Crippen molar-refractivity contribution in [3.8, 4) is 5.88 Å². The Morgan fingerprint density at radius 2 is 1.80 bits per heavy atom. The van der Waals surface area contributed by atoms with Gasteiger partial charge < -0.3 is 4.74 Å². The maximum absolute atomic E-state index is 11.1. The maximum Gasteiger partial charge on any atom is 0.285 e. The smallest absolute Gasteiger partial charge is 0.285 e. The predicted octanol–water partition coefficient (Wildman–Crippen LogP) is 2.46. The first-order valence-electron chi connectivity index (χ1n) is 7.60. The second-order valence-electron chi connectivity index (χ2n) is 4.64. The summed E-state index contributed by atoms with van der Waals surface area (Å²) in [4.78, 5) is 12.3. The van der Waals surface area contributed by atoms with Crippen LogP contribution < -0.4 is 9.46 Å². The third kappa shape index (κ3) is 5.42. The molecule has 128 valence electrons. The Morgan fingerprint density at radius 1 is 1.08 bits per heavy atom. The Morgan fingerprint density at radius 3 is 2.56 bits per heavy atom. The number of benzene rings is 1. The van der Waals surface area contributed by atoms with Crippen molar-refractivity contribution in [2.45, 2.75) is 20.5 Å². The number of fused-ring (bicyclic) bond motifs is 1. The molecule has 2 heterocycles. The fourth-order valence-electron chi connectivity index (χ4n) is 1.97. The molecule has 3 rings (SSSR count). The number of anilines is 1. The van der Waals surface area contributed by atoms with Gasteiger partial charge in [0, 0.05) is 17.8 Å². The first kappa shape index (κ1) is 18.7. The Kier molecular flexibility index (Phi) is 6.29. The lowest BCUT2D eigenvalue weighted by Crippen LogP contribution is -2.14. The van der Waals surface area contributed by atoms with E-state index in [1.165, 1.54) is 12.4 Å². The lowest BCUT2D eigenvalue weighted by molar-refractivity contribution is 0.290. The first-order valence-corrected chi connectivity index (χ1v) is 9.15. The van der Waals surface area contributed by atoms with Gasteiger partial charge in [0.05, 0.1) is 11.2 Å². The van der Waals surface area contributed by atoms with Gasteiger partial charge in [-0.1, -0.05) is 38.1 Å². The molecule has 0 bridgehead atoms. The molecule has 0 saturated heterocycles. The SMILES string of the molecule is CC.[B]S(=O)(=O)Nc1nccnc1OCc1ccc2ccccc2n1. The van der Waals surface area contributed by atoms with E-state index in [1.54, 1.807) is 0 Å². The highest BCUT2D eigenvalue weighted by molar-refractivity contribution is 8.13. The molecule has 0 atom stereocenters. The third-order valence-electron chi connectivity index (χ3n) is 2.92. The van der Waals surface area contributed by atoms with Crippen molar-refractivity contribution in [1.29, 1.82) is 0 Å². The predicted molar refractivity (Wildman–Crippen MR) is 97.8 cm³/mol. The van der Waals surface area contributed by atoms with Crippen molar-refractivity contribution in [2.24, 2.45) is 0 Å². The van der Waals surface area contributed by atoms with Crippen LogP contribution in [0.5, 0.6) is 5.88 Å². The zero-order valence-corrected chi connectivity index (χ0v) is 14.7. The summed E-state index contributed by atoms with van der Waals surface area (Å²) >= 11 is 0. The standard InChI is InChI=1S/C14H11BN4O3S.C2H6/c15-23(20,21)19-13-14(17-8-7-16-13)22-9-11-6-5-10-3-1-2-4-12(10)18-11;1-2/h1-8H,9H2,(H,16,19);1-2H3. The van der Waals surface area contributed by atoms with Gasteiger partial charge in [-0.2, -0.15) is 0 Å². The summed E-state index contributed by atoms with van der Waals surface area (Å²) in [5, 5.41) is 1.02. The molecule has 2 radical (unpaired) electrons. The largest absolute Gasteiger partial charge is 0.469 e. The molecule has 0 aliphatic heterocycles. The lowest BCUT2D eigenvalue weighted by Gasteiger charge is -2.10. The Balaban J connectivity index is 0.00000109. The summed E-state index contributed by atoms with van der Waals surface area (Å²) in [7, 11) is 0.972. The van der Waals surface area contributed by atoms with Crippen LogP contribution in [0.25, 0.3) is 10.9 Å². The minimum absolute atomic E-state index is 0.0245. The number of rotatable bonds is 5. The Bertz CT molecular complexity index is 951. The Labute approximate surface area is 147 Å². The minimum Gasteiger partial charge on any atom is -0.469 e. The van der Waals surface area contributed by atoms with E-state index in [2.05, 4.69) is 15.0 Å². The van der Waals surface area contributed by atoms with Crippen molar-refractivity contribution in [3.05, 3.63) is 54.5 Å². The van der Waals surface area contributed by atoms with Gasteiger partial charge in [0.25, 0.3) is 13.0 Å². The highest BCUT2D eigenvalue weighted by Gasteiger charge is 2.11. The van der Waals surface area contributed by atoms with Gasteiger partial charge in [0.1, 0.15) is 6.61 Å². The number of pyridine rings is 1. The molecule has 0 spiro atoms. The number of aromatic nitrogens is 3. The molecule has 1 aromatic carbocycles. The topological polar surface area (TPSA) is 94.1 Å². The van der Waals surface area contributed by atoms with Crippen LogP contribution in [0.2, 0.25) is 0 Å². The molecule has 0 amide bonds. The number of ether oxygens (including phenoxy) is 1. The molecule has 9 heteroatoms. The Hall–Kier alpha value is -2.68. The highest BCUT2D eigenvalue weighted by atomic mass is 32.2. The van der Waals surface area contributed by atoms with Crippen LogP contribution >= 0.6 is 0 Å². The van der Waals surface area contributed by atoms with Crippen molar-refractivity contribution in [1.82, 2.24) is 15.0 Å². The molecule has 0 saturated carbocycles. The number of nitrogens with one attached hydrogen (secondary N) is 1. The van der Waals surface area contributed by atoms with Gasteiger partial charge in [-0.15, -0.1) is 0 Å². The van der Waals surface area contributed by atoms with Crippen molar-refractivity contribution < 1.29 is 13.2 Å². The molecule has 0 aliphatic carbocycles. The number of para-hydroxylation sites is 1.